The Bertz CT molecular complexity index is 1140. The van der Waals surface area contributed by atoms with Crippen molar-refractivity contribution < 1.29 is 14.6 Å². The lowest BCUT2D eigenvalue weighted by molar-refractivity contribution is 0.0781. The fourth-order valence-corrected chi connectivity index (χ4v) is 4.94. The third-order valence-electron chi connectivity index (χ3n) is 6.54. The van der Waals surface area contributed by atoms with Gasteiger partial charge in [-0.2, -0.15) is 0 Å². The molecular weight excluding hydrogens is 392 g/mol. The van der Waals surface area contributed by atoms with Gasteiger partial charge in [-0.1, -0.05) is 6.07 Å². The average Bonchev–Trinajstić information content (AvgIpc) is 3.44. The minimum atomic E-state index is -0.361. The zero-order chi connectivity index (χ0) is 21.6. The SMILES string of the molecule is COCCN1c2cccnc2-n2cccc2C12CCN(C(=O)c1ccc(C)c(O)c1)C2. The number of pyridine rings is 1. The van der Waals surface area contributed by atoms with E-state index in [2.05, 4.69) is 26.6 Å². The molecule has 1 aromatic carbocycles. The van der Waals surface area contributed by atoms with Crippen LogP contribution in [0.25, 0.3) is 5.82 Å². The average molecular weight is 418 g/mol. The van der Waals surface area contributed by atoms with E-state index in [1.165, 1.54) is 0 Å². The van der Waals surface area contributed by atoms with Gasteiger partial charge in [-0.25, -0.2) is 4.98 Å². The van der Waals surface area contributed by atoms with Crippen molar-refractivity contribution in [2.75, 3.05) is 38.3 Å². The molecule has 2 aromatic heterocycles. The van der Waals surface area contributed by atoms with Crippen LogP contribution in [0.2, 0.25) is 0 Å². The van der Waals surface area contributed by atoms with Gasteiger partial charge in [-0.15, -0.1) is 0 Å². The molecule has 7 nitrogen and oxygen atoms in total. The number of nitrogens with zero attached hydrogens (tertiary/aromatic N) is 4. The van der Waals surface area contributed by atoms with Crippen molar-refractivity contribution in [2.45, 2.75) is 18.9 Å². The first-order valence-electron chi connectivity index (χ1n) is 10.5. The molecule has 0 aliphatic carbocycles. The highest BCUT2D eigenvalue weighted by Gasteiger charge is 2.50. The lowest BCUT2D eigenvalue weighted by atomic mass is 9.89. The largest absolute Gasteiger partial charge is 0.508 e. The molecule has 1 atom stereocenters. The van der Waals surface area contributed by atoms with Gasteiger partial charge in [0.1, 0.15) is 11.3 Å². The quantitative estimate of drug-likeness (QED) is 0.705. The molecule has 7 heteroatoms. The molecule has 4 heterocycles. The van der Waals surface area contributed by atoms with Crippen molar-refractivity contribution in [3.63, 3.8) is 0 Å². The van der Waals surface area contributed by atoms with Crippen LogP contribution in [0.15, 0.2) is 54.9 Å². The number of amides is 1. The maximum atomic E-state index is 13.3. The maximum absolute atomic E-state index is 13.3. The number of aromatic hydroxyl groups is 1. The molecule has 1 N–H and O–H groups in total. The number of methoxy groups -OCH3 is 1. The van der Waals surface area contributed by atoms with E-state index in [0.717, 1.165) is 29.2 Å². The molecule has 5 rings (SSSR count). The van der Waals surface area contributed by atoms with Crippen molar-refractivity contribution in [1.82, 2.24) is 14.5 Å². The van der Waals surface area contributed by atoms with Gasteiger partial charge in [0, 0.05) is 44.7 Å². The minimum absolute atomic E-state index is 0.0612. The standard InChI is InChI=1S/C24H26N4O3/c1-17-7-8-18(15-20(17)29)23(30)26-12-9-24(16-26)21-6-4-11-27(21)22-19(5-3-10-25-22)28(24)13-14-31-2/h3-8,10-11,15,29H,9,12-14,16H2,1-2H3. The number of phenols is 1. The number of fused-ring (bicyclic) bond motifs is 4. The third kappa shape index (κ3) is 2.99. The summed E-state index contributed by atoms with van der Waals surface area (Å²) in [6.07, 6.45) is 4.65. The normalized spacial score (nSPS) is 19.5. The molecule has 0 saturated carbocycles. The fraction of sp³-hybridized carbons (Fsp3) is 0.333. The van der Waals surface area contributed by atoms with Crippen LogP contribution in [-0.4, -0.2) is 58.8 Å². The Hall–Kier alpha value is -3.32. The Morgan fingerprint density at radius 2 is 2.13 bits per heavy atom. The summed E-state index contributed by atoms with van der Waals surface area (Å²) in [5, 5.41) is 10.1. The van der Waals surface area contributed by atoms with E-state index in [1.807, 2.05) is 36.4 Å². The number of hydrogen-bond donors (Lipinski definition) is 1. The monoisotopic (exact) mass is 418 g/mol. The van der Waals surface area contributed by atoms with Crippen LogP contribution >= 0.6 is 0 Å². The number of likely N-dealkylation sites (tertiary alicyclic amines) is 1. The van der Waals surface area contributed by atoms with Gasteiger partial charge < -0.3 is 24.2 Å². The second-order valence-corrected chi connectivity index (χ2v) is 8.26. The van der Waals surface area contributed by atoms with Crippen LogP contribution in [0.5, 0.6) is 5.75 Å². The first kappa shape index (κ1) is 19.6. The van der Waals surface area contributed by atoms with Crippen LogP contribution in [0, 0.1) is 6.92 Å². The summed E-state index contributed by atoms with van der Waals surface area (Å²) in [5.41, 5.74) is 3.09. The Kier molecular flexibility index (Phi) is 4.70. The number of aryl methyl sites for hydroxylation is 1. The van der Waals surface area contributed by atoms with Gasteiger partial charge in [0.15, 0.2) is 5.82 Å². The highest BCUT2D eigenvalue weighted by atomic mass is 16.5. The van der Waals surface area contributed by atoms with Crippen molar-refractivity contribution in [2.24, 2.45) is 0 Å². The van der Waals surface area contributed by atoms with Crippen molar-refractivity contribution in [1.29, 1.82) is 0 Å². The molecular formula is C24H26N4O3. The lowest BCUT2D eigenvalue weighted by Crippen LogP contribution is -2.53. The van der Waals surface area contributed by atoms with E-state index in [4.69, 9.17) is 4.74 Å². The Balaban J connectivity index is 1.54. The second-order valence-electron chi connectivity index (χ2n) is 8.26. The number of ether oxygens (including phenoxy) is 1. The van der Waals surface area contributed by atoms with Gasteiger partial charge in [0.25, 0.3) is 5.91 Å². The predicted molar refractivity (Wildman–Crippen MR) is 118 cm³/mol. The topological polar surface area (TPSA) is 70.8 Å². The van der Waals surface area contributed by atoms with E-state index in [0.29, 0.717) is 31.8 Å². The van der Waals surface area contributed by atoms with E-state index in [1.54, 1.807) is 25.3 Å². The number of phenolic OH excluding ortho intramolecular Hbond substituents is 1. The van der Waals surface area contributed by atoms with Crippen LogP contribution in [0.1, 0.15) is 28.0 Å². The number of aromatic nitrogens is 2. The van der Waals surface area contributed by atoms with E-state index < -0.39 is 0 Å². The summed E-state index contributed by atoms with van der Waals surface area (Å²) in [6, 6.07) is 13.3. The Morgan fingerprint density at radius 3 is 2.94 bits per heavy atom. The zero-order valence-electron chi connectivity index (χ0n) is 17.8. The van der Waals surface area contributed by atoms with Gasteiger partial charge in [-0.05, 0) is 55.3 Å². The number of rotatable bonds is 4. The number of benzene rings is 1. The minimum Gasteiger partial charge on any atom is -0.508 e. The molecule has 1 amide bonds. The lowest BCUT2D eigenvalue weighted by Gasteiger charge is -2.47. The number of carbonyl (C=O) groups excluding carboxylic acids is 1. The highest BCUT2D eigenvalue weighted by Crippen LogP contribution is 2.47. The number of carbonyl (C=O) groups is 1. The summed E-state index contributed by atoms with van der Waals surface area (Å²) in [5.74, 6) is 0.986. The highest BCUT2D eigenvalue weighted by molar-refractivity contribution is 5.95. The summed E-state index contributed by atoms with van der Waals surface area (Å²) in [6.45, 7) is 4.30. The molecule has 2 aliphatic heterocycles. The molecule has 3 aromatic rings. The van der Waals surface area contributed by atoms with Crippen molar-refractivity contribution in [3.05, 3.63) is 71.7 Å². The first-order valence-corrected chi connectivity index (χ1v) is 10.5. The third-order valence-corrected chi connectivity index (χ3v) is 6.54. The van der Waals surface area contributed by atoms with Crippen LogP contribution in [0.4, 0.5) is 5.69 Å². The van der Waals surface area contributed by atoms with E-state index >= 15 is 0 Å². The molecule has 1 saturated heterocycles. The Morgan fingerprint density at radius 1 is 1.26 bits per heavy atom. The van der Waals surface area contributed by atoms with Gasteiger partial charge >= 0.3 is 0 Å². The molecule has 2 aliphatic rings. The molecule has 0 radical (unpaired) electrons. The molecule has 31 heavy (non-hydrogen) atoms. The number of anilines is 1. The zero-order valence-corrected chi connectivity index (χ0v) is 17.8. The van der Waals surface area contributed by atoms with Gasteiger partial charge in [-0.3, -0.25) is 4.79 Å². The van der Waals surface area contributed by atoms with Crippen molar-refractivity contribution >= 4 is 11.6 Å². The molecule has 160 valence electrons. The predicted octanol–water partition coefficient (Wildman–Crippen LogP) is 3.09. The molecule has 1 fully saturated rings. The smallest absolute Gasteiger partial charge is 0.254 e. The van der Waals surface area contributed by atoms with E-state index in [9.17, 15) is 9.90 Å². The van der Waals surface area contributed by atoms with Crippen LogP contribution in [-0.2, 0) is 10.3 Å². The molecule has 1 unspecified atom stereocenters. The van der Waals surface area contributed by atoms with Crippen LogP contribution in [0.3, 0.4) is 0 Å². The Labute approximate surface area is 181 Å². The van der Waals surface area contributed by atoms with Crippen molar-refractivity contribution in [3.8, 4) is 11.6 Å². The fourth-order valence-electron chi connectivity index (χ4n) is 4.94. The van der Waals surface area contributed by atoms with Gasteiger partial charge in [0.05, 0.1) is 18.0 Å². The summed E-state index contributed by atoms with van der Waals surface area (Å²) >= 11 is 0. The summed E-state index contributed by atoms with van der Waals surface area (Å²) < 4.78 is 7.57. The number of hydrogen-bond acceptors (Lipinski definition) is 5. The summed E-state index contributed by atoms with van der Waals surface area (Å²) in [4.78, 5) is 22.2. The molecule has 1 spiro atoms. The first-order chi connectivity index (χ1) is 15.0. The summed E-state index contributed by atoms with van der Waals surface area (Å²) in [7, 11) is 1.71. The second kappa shape index (κ2) is 7.42. The van der Waals surface area contributed by atoms with E-state index in [-0.39, 0.29) is 17.2 Å². The van der Waals surface area contributed by atoms with Crippen LogP contribution < -0.4 is 4.90 Å². The molecule has 0 bridgehead atoms. The van der Waals surface area contributed by atoms with Gasteiger partial charge in [0.2, 0.25) is 0 Å². The maximum Gasteiger partial charge on any atom is 0.254 e.